The maximum Gasteiger partial charge on any atom is 0.223 e. The van der Waals surface area contributed by atoms with Gasteiger partial charge < -0.3 is 19.9 Å². The van der Waals surface area contributed by atoms with Gasteiger partial charge >= 0.3 is 0 Å². The number of nitrogens with zero attached hydrogens (tertiary/aromatic N) is 2. The number of H-pyrrole nitrogens is 1. The summed E-state index contributed by atoms with van der Waals surface area (Å²) in [6, 6.07) is 0. The lowest BCUT2D eigenvalue weighted by Crippen LogP contribution is -2.65. The topological polar surface area (TPSA) is 87.3 Å². The highest BCUT2D eigenvalue weighted by atomic mass is 16.5. The van der Waals surface area contributed by atoms with Crippen molar-refractivity contribution in [1.82, 2.24) is 20.2 Å². The lowest BCUT2D eigenvalue weighted by Gasteiger charge is -2.54. The molecule has 3 fully saturated rings. The Kier molecular flexibility index (Phi) is 4.73. The summed E-state index contributed by atoms with van der Waals surface area (Å²) in [5, 5.41) is 3.14. The molecule has 4 aliphatic rings. The first-order chi connectivity index (χ1) is 14.1. The molecule has 0 radical (unpaired) electrons. The van der Waals surface area contributed by atoms with Crippen LogP contribution in [-0.2, 0) is 19.9 Å². The van der Waals surface area contributed by atoms with Crippen molar-refractivity contribution in [3.63, 3.8) is 0 Å². The molecule has 7 heteroatoms. The number of nitrogens with one attached hydrogen (secondary N) is 2. The number of aromatic nitrogens is 2. The summed E-state index contributed by atoms with van der Waals surface area (Å²) < 4.78 is 6.09. The van der Waals surface area contributed by atoms with Crippen molar-refractivity contribution in [1.29, 1.82) is 0 Å². The van der Waals surface area contributed by atoms with Crippen molar-refractivity contribution in [2.75, 3.05) is 13.2 Å². The van der Waals surface area contributed by atoms with Crippen molar-refractivity contribution in [2.45, 2.75) is 75.0 Å². The lowest BCUT2D eigenvalue weighted by atomic mass is 9.74. The maximum atomic E-state index is 13.1. The Balaban J connectivity index is 1.20. The van der Waals surface area contributed by atoms with E-state index in [9.17, 15) is 9.59 Å². The third kappa shape index (κ3) is 3.61. The second-order valence-corrected chi connectivity index (χ2v) is 9.26. The average Bonchev–Trinajstić information content (AvgIpc) is 3.10. The molecule has 0 bridgehead atoms. The minimum Gasteiger partial charge on any atom is -0.373 e. The van der Waals surface area contributed by atoms with Crippen LogP contribution in [0.5, 0.6) is 0 Å². The van der Waals surface area contributed by atoms with Crippen molar-refractivity contribution >= 4 is 11.8 Å². The summed E-state index contributed by atoms with van der Waals surface area (Å²) in [4.78, 5) is 35.3. The van der Waals surface area contributed by atoms with E-state index in [0.29, 0.717) is 25.5 Å². The van der Waals surface area contributed by atoms with E-state index in [1.165, 1.54) is 0 Å². The summed E-state index contributed by atoms with van der Waals surface area (Å²) in [5.74, 6) is 1.39. The van der Waals surface area contributed by atoms with Crippen LogP contribution in [0, 0.1) is 5.92 Å². The molecule has 2 N–H and O–H groups in total. The summed E-state index contributed by atoms with van der Waals surface area (Å²) in [5.41, 5.74) is -0.465. The van der Waals surface area contributed by atoms with Gasteiger partial charge in [-0.25, -0.2) is 4.98 Å². The highest BCUT2D eigenvalue weighted by Crippen LogP contribution is 2.44. The van der Waals surface area contributed by atoms with Crippen molar-refractivity contribution in [3.8, 4) is 0 Å². The Bertz CT molecular complexity index is 795. The Morgan fingerprint density at radius 3 is 2.76 bits per heavy atom. The first-order valence-corrected chi connectivity index (χ1v) is 11.0. The van der Waals surface area contributed by atoms with E-state index in [-0.39, 0.29) is 35.4 Å². The summed E-state index contributed by atoms with van der Waals surface area (Å²) >= 11 is 0. The molecule has 2 amide bonds. The van der Waals surface area contributed by atoms with Gasteiger partial charge in [0, 0.05) is 25.4 Å². The second-order valence-electron chi connectivity index (χ2n) is 9.26. The fourth-order valence-electron chi connectivity index (χ4n) is 5.09. The fourth-order valence-corrected chi connectivity index (χ4v) is 5.09. The summed E-state index contributed by atoms with van der Waals surface area (Å²) in [6.07, 6.45) is 15.6. The Morgan fingerprint density at radius 2 is 2.14 bits per heavy atom. The SMILES string of the molecule is O=C(CC1CN(C(=O)CC2C=CCC2)C2(CCC2)CO1)NC1(c2ncc[nH]2)CC1. The quantitative estimate of drug-likeness (QED) is 0.721. The van der Waals surface area contributed by atoms with Crippen LogP contribution >= 0.6 is 0 Å². The number of hydrogen-bond acceptors (Lipinski definition) is 4. The minimum absolute atomic E-state index is 0.0282. The number of allylic oxidation sites excluding steroid dienone is 2. The van der Waals surface area contributed by atoms with Gasteiger partial charge in [0.25, 0.3) is 0 Å². The van der Waals surface area contributed by atoms with Gasteiger partial charge in [0.05, 0.1) is 30.2 Å². The first kappa shape index (κ1) is 18.9. The van der Waals surface area contributed by atoms with Gasteiger partial charge in [-0.15, -0.1) is 0 Å². The lowest BCUT2D eigenvalue weighted by molar-refractivity contribution is -0.173. The molecule has 1 saturated heterocycles. The molecule has 29 heavy (non-hydrogen) atoms. The number of carbonyl (C=O) groups is 2. The zero-order valence-corrected chi connectivity index (χ0v) is 16.9. The molecule has 1 aliphatic heterocycles. The molecule has 2 heterocycles. The molecule has 1 aromatic rings. The molecular formula is C22H30N4O3. The van der Waals surface area contributed by atoms with Gasteiger partial charge in [0.2, 0.25) is 11.8 Å². The molecule has 3 aliphatic carbocycles. The van der Waals surface area contributed by atoms with Crippen LogP contribution in [0.15, 0.2) is 24.5 Å². The van der Waals surface area contributed by atoms with E-state index in [1.54, 1.807) is 12.4 Å². The predicted molar refractivity (Wildman–Crippen MR) is 107 cm³/mol. The van der Waals surface area contributed by atoms with Gasteiger partial charge in [0.1, 0.15) is 5.82 Å². The monoisotopic (exact) mass is 398 g/mol. The van der Waals surface area contributed by atoms with Gasteiger partial charge in [-0.1, -0.05) is 12.2 Å². The molecule has 1 spiro atoms. The molecule has 7 nitrogen and oxygen atoms in total. The van der Waals surface area contributed by atoms with Crippen LogP contribution in [0.25, 0.3) is 0 Å². The molecule has 2 saturated carbocycles. The minimum atomic E-state index is -0.339. The van der Waals surface area contributed by atoms with Crippen LogP contribution in [-0.4, -0.2) is 51.5 Å². The number of aromatic amines is 1. The molecule has 156 valence electrons. The standard InChI is InChI=1S/C22H30N4O3/c27-18(25-22(8-9-22)20-23-10-11-24-20)13-17-14-26(21(15-29-17)6-3-7-21)19(28)12-16-4-1-2-5-16/h1,4,10-11,16-17H,2-3,5-9,12-15H2,(H,23,24)(H,25,27). The van der Waals surface area contributed by atoms with E-state index >= 15 is 0 Å². The number of hydrogen-bond donors (Lipinski definition) is 2. The third-order valence-electron chi connectivity index (χ3n) is 7.17. The Morgan fingerprint density at radius 1 is 1.28 bits per heavy atom. The van der Waals surface area contributed by atoms with Crippen molar-refractivity contribution < 1.29 is 14.3 Å². The zero-order chi connectivity index (χ0) is 19.9. The molecule has 5 rings (SSSR count). The molecule has 0 aromatic carbocycles. The second kappa shape index (κ2) is 7.27. The molecular weight excluding hydrogens is 368 g/mol. The normalized spacial score (nSPS) is 28.9. The van der Waals surface area contributed by atoms with Crippen LogP contribution in [0.3, 0.4) is 0 Å². The number of rotatable bonds is 6. The van der Waals surface area contributed by atoms with E-state index in [4.69, 9.17) is 4.74 Å². The molecule has 2 atom stereocenters. The van der Waals surface area contributed by atoms with E-state index in [0.717, 1.165) is 50.8 Å². The van der Waals surface area contributed by atoms with E-state index in [1.807, 2.05) is 0 Å². The highest BCUT2D eigenvalue weighted by Gasteiger charge is 2.51. The molecule has 1 aromatic heterocycles. The van der Waals surface area contributed by atoms with E-state index < -0.39 is 0 Å². The number of amides is 2. The molecule has 2 unspecified atom stereocenters. The van der Waals surface area contributed by atoms with Gasteiger partial charge in [0.15, 0.2) is 0 Å². The summed E-state index contributed by atoms with van der Waals surface area (Å²) in [7, 11) is 0. The van der Waals surface area contributed by atoms with Crippen LogP contribution in [0.4, 0.5) is 0 Å². The third-order valence-corrected chi connectivity index (χ3v) is 7.17. The Hall–Kier alpha value is -2.15. The number of imidazole rings is 1. The largest absolute Gasteiger partial charge is 0.373 e. The van der Waals surface area contributed by atoms with Crippen molar-refractivity contribution in [2.24, 2.45) is 5.92 Å². The number of morpholine rings is 1. The number of ether oxygens (including phenoxy) is 1. The van der Waals surface area contributed by atoms with Crippen molar-refractivity contribution in [3.05, 3.63) is 30.4 Å². The first-order valence-electron chi connectivity index (χ1n) is 11.0. The van der Waals surface area contributed by atoms with Gasteiger partial charge in [-0.2, -0.15) is 0 Å². The zero-order valence-electron chi connectivity index (χ0n) is 16.9. The van der Waals surface area contributed by atoms with Gasteiger partial charge in [-0.05, 0) is 50.9 Å². The van der Waals surface area contributed by atoms with Crippen LogP contribution < -0.4 is 5.32 Å². The maximum absolute atomic E-state index is 13.1. The Labute approximate surface area is 171 Å². The van der Waals surface area contributed by atoms with Crippen LogP contribution in [0.1, 0.15) is 63.6 Å². The predicted octanol–water partition coefficient (Wildman–Crippen LogP) is 2.41. The number of carbonyl (C=O) groups excluding carboxylic acids is 2. The van der Waals surface area contributed by atoms with Crippen LogP contribution in [0.2, 0.25) is 0 Å². The summed E-state index contributed by atoms with van der Waals surface area (Å²) in [6.45, 7) is 1.08. The smallest absolute Gasteiger partial charge is 0.223 e. The van der Waals surface area contributed by atoms with E-state index in [2.05, 4.69) is 32.3 Å². The fraction of sp³-hybridized carbons (Fsp3) is 0.682. The van der Waals surface area contributed by atoms with Gasteiger partial charge in [-0.3, -0.25) is 9.59 Å². The average molecular weight is 399 g/mol. The highest BCUT2D eigenvalue weighted by molar-refractivity contribution is 5.79.